The van der Waals surface area contributed by atoms with Gasteiger partial charge in [0.05, 0.1) is 17.0 Å². The first-order valence-corrected chi connectivity index (χ1v) is 6.00. The van der Waals surface area contributed by atoms with Crippen LogP contribution in [-0.4, -0.2) is 21.0 Å². The topological polar surface area (TPSA) is 75.1 Å². The fraction of sp³-hybridized carbons (Fsp3) is 0.214. The van der Waals surface area contributed by atoms with E-state index in [0.717, 1.165) is 5.69 Å². The van der Waals surface area contributed by atoms with E-state index >= 15 is 0 Å². The molecule has 0 aliphatic rings. The van der Waals surface area contributed by atoms with Gasteiger partial charge in [-0.1, -0.05) is 6.07 Å². The van der Waals surface area contributed by atoms with Crippen LogP contribution in [0, 0.1) is 0 Å². The van der Waals surface area contributed by atoms with Crippen molar-refractivity contribution < 1.29 is 9.90 Å². The first-order chi connectivity index (χ1) is 9.18. The van der Waals surface area contributed by atoms with Gasteiger partial charge in [0.15, 0.2) is 0 Å². The monoisotopic (exact) mass is 257 g/mol. The molecule has 0 amide bonds. The summed E-state index contributed by atoms with van der Waals surface area (Å²) in [5, 5.41) is 12.3. The van der Waals surface area contributed by atoms with E-state index in [2.05, 4.69) is 15.3 Å². The van der Waals surface area contributed by atoms with Gasteiger partial charge in [0.1, 0.15) is 0 Å². The first-order valence-electron chi connectivity index (χ1n) is 6.00. The number of nitrogens with zero attached hydrogens (tertiary/aromatic N) is 2. The lowest BCUT2D eigenvalue weighted by Crippen LogP contribution is -2.21. The Hall–Kier alpha value is -2.27. The molecule has 2 N–H and O–H groups in total. The van der Waals surface area contributed by atoms with E-state index in [9.17, 15) is 4.79 Å². The number of aromatic nitrogens is 2. The molecule has 0 aliphatic heterocycles. The highest BCUT2D eigenvalue weighted by Crippen LogP contribution is 2.11. The third kappa shape index (κ3) is 3.35. The van der Waals surface area contributed by atoms with Gasteiger partial charge < -0.3 is 10.4 Å². The van der Waals surface area contributed by atoms with Crippen molar-refractivity contribution in [1.29, 1.82) is 0 Å². The molecule has 98 valence electrons. The number of carboxylic acid groups (broad SMARTS) is 1. The van der Waals surface area contributed by atoms with Gasteiger partial charge in [0, 0.05) is 25.0 Å². The molecule has 0 spiro atoms. The Labute approximate surface area is 111 Å². The average Bonchev–Trinajstić information content (AvgIpc) is 2.46. The minimum absolute atomic E-state index is 0.0323. The molecule has 0 aromatic carbocycles. The normalized spacial score (nSPS) is 12.1. The first kappa shape index (κ1) is 13.2. The highest BCUT2D eigenvalue weighted by Gasteiger charge is 2.12. The zero-order valence-electron chi connectivity index (χ0n) is 10.6. The van der Waals surface area contributed by atoms with Crippen LogP contribution in [0.2, 0.25) is 0 Å². The molecule has 19 heavy (non-hydrogen) atoms. The Morgan fingerprint density at radius 1 is 1.26 bits per heavy atom. The highest BCUT2D eigenvalue weighted by atomic mass is 16.4. The van der Waals surface area contributed by atoms with E-state index in [4.69, 9.17) is 5.11 Å². The van der Waals surface area contributed by atoms with Gasteiger partial charge in [0.25, 0.3) is 0 Å². The SMILES string of the molecule is CC(NCc1ncccc1C(=O)O)c1ccccn1. The number of carboxylic acids is 1. The summed E-state index contributed by atoms with van der Waals surface area (Å²) in [6, 6.07) is 8.91. The van der Waals surface area contributed by atoms with Gasteiger partial charge in [0.2, 0.25) is 0 Å². The average molecular weight is 257 g/mol. The summed E-state index contributed by atoms with van der Waals surface area (Å²) in [6.45, 7) is 2.37. The fourth-order valence-electron chi connectivity index (χ4n) is 1.76. The molecule has 0 saturated carbocycles. The molecule has 0 saturated heterocycles. The summed E-state index contributed by atoms with van der Waals surface area (Å²) in [5.74, 6) is -0.963. The number of rotatable bonds is 5. The van der Waals surface area contributed by atoms with E-state index in [1.165, 1.54) is 0 Å². The number of carbonyl (C=O) groups is 1. The van der Waals surface area contributed by atoms with Crippen LogP contribution in [0.3, 0.4) is 0 Å². The van der Waals surface area contributed by atoms with Crippen LogP contribution in [0.5, 0.6) is 0 Å². The van der Waals surface area contributed by atoms with Gasteiger partial charge >= 0.3 is 5.97 Å². The molecule has 0 bridgehead atoms. The molecular formula is C14H15N3O2. The maximum Gasteiger partial charge on any atom is 0.337 e. The Balaban J connectivity index is 2.05. The third-order valence-electron chi connectivity index (χ3n) is 2.83. The number of hydrogen-bond donors (Lipinski definition) is 2. The van der Waals surface area contributed by atoms with Gasteiger partial charge in [-0.25, -0.2) is 4.79 Å². The van der Waals surface area contributed by atoms with Crippen LogP contribution < -0.4 is 5.32 Å². The highest BCUT2D eigenvalue weighted by molar-refractivity contribution is 5.88. The standard InChI is InChI=1S/C14H15N3O2/c1-10(12-6-2-3-7-15-12)17-9-13-11(14(18)19)5-4-8-16-13/h2-8,10,17H,9H2,1H3,(H,18,19). The van der Waals surface area contributed by atoms with Crippen LogP contribution in [0.15, 0.2) is 42.7 Å². The van der Waals surface area contributed by atoms with Gasteiger partial charge in [-0.05, 0) is 31.2 Å². The lowest BCUT2D eigenvalue weighted by Gasteiger charge is -2.13. The van der Waals surface area contributed by atoms with Crippen molar-refractivity contribution in [3.8, 4) is 0 Å². The lowest BCUT2D eigenvalue weighted by molar-refractivity contribution is 0.0695. The summed E-state index contributed by atoms with van der Waals surface area (Å²) in [6.07, 6.45) is 3.33. The van der Waals surface area contributed by atoms with E-state index in [1.807, 2.05) is 25.1 Å². The number of nitrogens with one attached hydrogen (secondary N) is 1. The maximum atomic E-state index is 11.1. The summed E-state index contributed by atoms with van der Waals surface area (Å²) < 4.78 is 0. The second-order valence-electron chi connectivity index (χ2n) is 4.16. The van der Waals surface area contributed by atoms with Crippen molar-refractivity contribution in [3.63, 3.8) is 0 Å². The maximum absolute atomic E-state index is 11.1. The molecule has 1 atom stereocenters. The second-order valence-corrected chi connectivity index (χ2v) is 4.16. The van der Waals surface area contributed by atoms with E-state index in [0.29, 0.717) is 12.2 Å². The number of pyridine rings is 2. The van der Waals surface area contributed by atoms with Crippen molar-refractivity contribution in [2.45, 2.75) is 19.5 Å². The largest absolute Gasteiger partial charge is 0.478 e. The predicted octanol–water partition coefficient (Wildman–Crippen LogP) is 2.03. The zero-order chi connectivity index (χ0) is 13.7. The van der Waals surface area contributed by atoms with Crippen LogP contribution in [0.25, 0.3) is 0 Å². The van der Waals surface area contributed by atoms with Crippen LogP contribution >= 0.6 is 0 Å². The van der Waals surface area contributed by atoms with Gasteiger partial charge in [-0.3, -0.25) is 9.97 Å². The molecular weight excluding hydrogens is 242 g/mol. The molecule has 2 aromatic rings. The Morgan fingerprint density at radius 2 is 2.05 bits per heavy atom. The zero-order valence-corrected chi connectivity index (χ0v) is 10.6. The molecule has 0 radical (unpaired) electrons. The van der Waals surface area contributed by atoms with Gasteiger partial charge in [-0.15, -0.1) is 0 Å². The predicted molar refractivity (Wildman–Crippen MR) is 70.7 cm³/mol. The van der Waals surface area contributed by atoms with Crippen LogP contribution in [-0.2, 0) is 6.54 Å². The van der Waals surface area contributed by atoms with Crippen LogP contribution in [0.1, 0.15) is 34.7 Å². The quantitative estimate of drug-likeness (QED) is 0.857. The van der Waals surface area contributed by atoms with Crippen molar-refractivity contribution in [3.05, 3.63) is 59.7 Å². The second kappa shape index (κ2) is 6.06. The van der Waals surface area contributed by atoms with Crippen molar-refractivity contribution in [2.75, 3.05) is 0 Å². The molecule has 0 aliphatic carbocycles. The Morgan fingerprint density at radius 3 is 2.74 bits per heavy atom. The smallest absolute Gasteiger partial charge is 0.337 e. The number of aromatic carboxylic acids is 1. The molecule has 5 heteroatoms. The summed E-state index contributed by atoms with van der Waals surface area (Å²) in [5.41, 5.74) is 1.66. The molecule has 2 rings (SSSR count). The fourth-order valence-corrected chi connectivity index (χ4v) is 1.76. The minimum atomic E-state index is -0.963. The van der Waals surface area contributed by atoms with Crippen LogP contribution in [0.4, 0.5) is 0 Å². The minimum Gasteiger partial charge on any atom is -0.478 e. The van der Waals surface area contributed by atoms with E-state index < -0.39 is 5.97 Å². The molecule has 2 aromatic heterocycles. The van der Waals surface area contributed by atoms with Crippen molar-refractivity contribution in [1.82, 2.24) is 15.3 Å². The molecule has 5 nitrogen and oxygen atoms in total. The molecule has 0 fully saturated rings. The molecule has 1 unspecified atom stereocenters. The lowest BCUT2D eigenvalue weighted by atomic mass is 10.1. The molecule has 2 heterocycles. The van der Waals surface area contributed by atoms with E-state index in [1.54, 1.807) is 24.5 Å². The Kier molecular flexibility index (Phi) is 4.20. The van der Waals surface area contributed by atoms with Crippen molar-refractivity contribution in [2.24, 2.45) is 0 Å². The summed E-state index contributed by atoms with van der Waals surface area (Å²) >= 11 is 0. The Bertz CT molecular complexity index is 558. The summed E-state index contributed by atoms with van der Waals surface area (Å²) in [4.78, 5) is 19.4. The van der Waals surface area contributed by atoms with E-state index in [-0.39, 0.29) is 11.6 Å². The summed E-state index contributed by atoms with van der Waals surface area (Å²) in [7, 11) is 0. The third-order valence-corrected chi connectivity index (χ3v) is 2.83. The number of hydrogen-bond acceptors (Lipinski definition) is 4. The van der Waals surface area contributed by atoms with Gasteiger partial charge in [-0.2, -0.15) is 0 Å². The van der Waals surface area contributed by atoms with Crippen molar-refractivity contribution >= 4 is 5.97 Å².